The Morgan fingerprint density at radius 2 is 2.33 bits per heavy atom. The summed E-state index contributed by atoms with van der Waals surface area (Å²) in [5.74, 6) is 1.83. The molecule has 0 amide bonds. The van der Waals surface area contributed by atoms with Gasteiger partial charge in [0.25, 0.3) is 0 Å². The molecule has 1 fully saturated rings. The second-order valence-electron chi connectivity index (χ2n) is 5.39. The van der Waals surface area contributed by atoms with Crippen molar-refractivity contribution in [2.24, 2.45) is 5.92 Å². The standard InChI is InChI=1S/C13H25N5/c1-4-17-6-5-12(9-17)7-14-8-13-15-10-16-18(13)11(2)3/h10-12,14H,4-9H2,1-3H3. The third-order valence-electron chi connectivity index (χ3n) is 3.67. The van der Waals surface area contributed by atoms with E-state index in [-0.39, 0.29) is 0 Å². The highest BCUT2D eigenvalue weighted by atomic mass is 15.4. The summed E-state index contributed by atoms with van der Waals surface area (Å²) < 4.78 is 1.99. The topological polar surface area (TPSA) is 46.0 Å². The minimum Gasteiger partial charge on any atom is -0.310 e. The average molecular weight is 251 g/mol. The van der Waals surface area contributed by atoms with Crippen molar-refractivity contribution in [2.45, 2.75) is 39.8 Å². The lowest BCUT2D eigenvalue weighted by atomic mass is 10.1. The Morgan fingerprint density at radius 3 is 3.00 bits per heavy atom. The summed E-state index contributed by atoms with van der Waals surface area (Å²) in [4.78, 5) is 6.83. The molecule has 1 saturated heterocycles. The molecule has 1 atom stereocenters. The summed E-state index contributed by atoms with van der Waals surface area (Å²) in [6.45, 7) is 12.1. The van der Waals surface area contributed by atoms with Crippen LogP contribution in [0.5, 0.6) is 0 Å². The fourth-order valence-corrected chi connectivity index (χ4v) is 2.59. The lowest BCUT2D eigenvalue weighted by Crippen LogP contribution is -2.27. The van der Waals surface area contributed by atoms with Crippen LogP contribution in [0.15, 0.2) is 6.33 Å². The van der Waals surface area contributed by atoms with E-state index in [1.54, 1.807) is 6.33 Å². The molecular weight excluding hydrogens is 226 g/mol. The predicted molar refractivity (Wildman–Crippen MR) is 72.3 cm³/mol. The first-order chi connectivity index (χ1) is 8.70. The summed E-state index contributed by atoms with van der Waals surface area (Å²) in [7, 11) is 0. The number of aromatic nitrogens is 3. The van der Waals surface area contributed by atoms with Gasteiger partial charge in [0.05, 0.1) is 6.54 Å². The molecule has 2 heterocycles. The van der Waals surface area contributed by atoms with E-state index in [0.29, 0.717) is 6.04 Å². The van der Waals surface area contributed by atoms with Gasteiger partial charge in [-0.3, -0.25) is 0 Å². The quantitative estimate of drug-likeness (QED) is 0.827. The van der Waals surface area contributed by atoms with Crippen molar-refractivity contribution in [1.82, 2.24) is 25.0 Å². The van der Waals surface area contributed by atoms with Gasteiger partial charge in [-0.15, -0.1) is 0 Å². The van der Waals surface area contributed by atoms with Crippen LogP contribution in [0.3, 0.4) is 0 Å². The molecule has 102 valence electrons. The zero-order chi connectivity index (χ0) is 13.0. The molecule has 0 bridgehead atoms. The van der Waals surface area contributed by atoms with Crippen LogP contribution in [-0.2, 0) is 6.54 Å². The maximum Gasteiger partial charge on any atom is 0.141 e. The third kappa shape index (κ3) is 3.29. The predicted octanol–water partition coefficient (Wildman–Crippen LogP) is 1.29. The van der Waals surface area contributed by atoms with Crippen molar-refractivity contribution >= 4 is 0 Å². The van der Waals surface area contributed by atoms with Gasteiger partial charge in [-0.2, -0.15) is 5.10 Å². The van der Waals surface area contributed by atoms with Crippen molar-refractivity contribution in [3.05, 3.63) is 12.2 Å². The van der Waals surface area contributed by atoms with E-state index in [1.807, 2.05) is 4.68 Å². The van der Waals surface area contributed by atoms with Crippen LogP contribution in [0.1, 0.15) is 39.1 Å². The molecule has 18 heavy (non-hydrogen) atoms. The first-order valence-electron chi connectivity index (χ1n) is 7.02. The number of likely N-dealkylation sites (tertiary alicyclic amines) is 1. The Hall–Kier alpha value is -0.940. The molecule has 1 aromatic heterocycles. The molecule has 0 aromatic carbocycles. The molecule has 2 rings (SSSR count). The molecule has 0 aliphatic carbocycles. The Morgan fingerprint density at radius 1 is 1.50 bits per heavy atom. The second kappa shape index (κ2) is 6.29. The zero-order valence-electron chi connectivity index (χ0n) is 11.8. The van der Waals surface area contributed by atoms with Crippen LogP contribution >= 0.6 is 0 Å². The van der Waals surface area contributed by atoms with E-state index in [0.717, 1.165) is 24.8 Å². The minimum absolute atomic E-state index is 0.381. The van der Waals surface area contributed by atoms with Crippen molar-refractivity contribution in [3.8, 4) is 0 Å². The number of nitrogens with zero attached hydrogens (tertiary/aromatic N) is 4. The van der Waals surface area contributed by atoms with Crippen LogP contribution in [0.2, 0.25) is 0 Å². The molecule has 5 nitrogen and oxygen atoms in total. The Kier molecular flexibility index (Phi) is 4.72. The van der Waals surface area contributed by atoms with E-state index in [1.165, 1.54) is 26.1 Å². The van der Waals surface area contributed by atoms with Crippen molar-refractivity contribution in [2.75, 3.05) is 26.2 Å². The van der Waals surface area contributed by atoms with Gasteiger partial charge in [-0.05, 0) is 45.8 Å². The van der Waals surface area contributed by atoms with Crippen LogP contribution < -0.4 is 5.32 Å². The number of hydrogen-bond donors (Lipinski definition) is 1. The summed E-state index contributed by atoms with van der Waals surface area (Å²) >= 11 is 0. The van der Waals surface area contributed by atoms with Crippen LogP contribution in [0.4, 0.5) is 0 Å². The van der Waals surface area contributed by atoms with Gasteiger partial charge >= 0.3 is 0 Å². The SMILES string of the molecule is CCN1CCC(CNCc2ncnn2C(C)C)C1. The summed E-state index contributed by atoms with van der Waals surface area (Å²) in [5, 5.41) is 7.77. The van der Waals surface area contributed by atoms with Gasteiger partial charge in [-0.1, -0.05) is 6.92 Å². The lowest BCUT2D eigenvalue weighted by molar-refractivity contribution is 0.338. The van der Waals surface area contributed by atoms with Gasteiger partial charge < -0.3 is 10.2 Å². The van der Waals surface area contributed by atoms with E-state index in [4.69, 9.17) is 0 Å². The Bertz CT molecular complexity index is 360. The Labute approximate surface area is 110 Å². The molecular formula is C13H25N5. The highest BCUT2D eigenvalue weighted by molar-refractivity contribution is 4.86. The number of hydrogen-bond acceptors (Lipinski definition) is 4. The summed E-state index contributed by atoms with van der Waals surface area (Å²) in [6.07, 6.45) is 2.96. The number of nitrogens with one attached hydrogen (secondary N) is 1. The second-order valence-corrected chi connectivity index (χ2v) is 5.39. The van der Waals surface area contributed by atoms with Crippen molar-refractivity contribution < 1.29 is 0 Å². The molecule has 1 unspecified atom stereocenters. The maximum absolute atomic E-state index is 4.31. The fraction of sp³-hybridized carbons (Fsp3) is 0.846. The van der Waals surface area contributed by atoms with Crippen molar-refractivity contribution in [1.29, 1.82) is 0 Å². The van der Waals surface area contributed by atoms with Crippen LogP contribution in [-0.4, -0.2) is 45.8 Å². The first kappa shape index (κ1) is 13.5. The van der Waals surface area contributed by atoms with Gasteiger partial charge in [0, 0.05) is 12.6 Å². The molecule has 1 N–H and O–H groups in total. The zero-order valence-corrected chi connectivity index (χ0v) is 11.8. The fourth-order valence-electron chi connectivity index (χ4n) is 2.59. The lowest BCUT2D eigenvalue weighted by Gasteiger charge is -2.14. The maximum atomic E-state index is 4.31. The van der Waals surface area contributed by atoms with E-state index in [9.17, 15) is 0 Å². The van der Waals surface area contributed by atoms with Gasteiger partial charge in [0.15, 0.2) is 0 Å². The highest BCUT2D eigenvalue weighted by Crippen LogP contribution is 2.14. The monoisotopic (exact) mass is 251 g/mol. The third-order valence-corrected chi connectivity index (χ3v) is 3.67. The first-order valence-corrected chi connectivity index (χ1v) is 7.02. The molecule has 0 radical (unpaired) electrons. The minimum atomic E-state index is 0.381. The van der Waals surface area contributed by atoms with E-state index in [2.05, 4.69) is 41.1 Å². The van der Waals surface area contributed by atoms with Gasteiger partial charge in [0.1, 0.15) is 12.2 Å². The highest BCUT2D eigenvalue weighted by Gasteiger charge is 2.20. The molecule has 1 aromatic rings. The van der Waals surface area contributed by atoms with Crippen LogP contribution in [0.25, 0.3) is 0 Å². The Balaban J connectivity index is 1.74. The largest absolute Gasteiger partial charge is 0.310 e. The average Bonchev–Trinajstić information content (AvgIpc) is 2.97. The molecule has 1 aliphatic rings. The van der Waals surface area contributed by atoms with Crippen molar-refractivity contribution in [3.63, 3.8) is 0 Å². The summed E-state index contributed by atoms with van der Waals surface area (Å²) in [6, 6.07) is 0.381. The summed E-state index contributed by atoms with van der Waals surface area (Å²) in [5.41, 5.74) is 0. The van der Waals surface area contributed by atoms with E-state index < -0.39 is 0 Å². The van der Waals surface area contributed by atoms with Crippen LogP contribution in [0, 0.1) is 5.92 Å². The molecule has 1 aliphatic heterocycles. The van der Waals surface area contributed by atoms with Gasteiger partial charge in [0.2, 0.25) is 0 Å². The molecule has 0 spiro atoms. The normalized spacial score (nSPS) is 21.0. The van der Waals surface area contributed by atoms with Gasteiger partial charge in [-0.25, -0.2) is 9.67 Å². The smallest absolute Gasteiger partial charge is 0.141 e. The van der Waals surface area contributed by atoms with E-state index >= 15 is 0 Å². The molecule has 0 saturated carbocycles. The molecule has 5 heteroatoms. The number of rotatable bonds is 6.